The van der Waals surface area contributed by atoms with E-state index in [0.29, 0.717) is 17.5 Å². The molecule has 0 saturated carbocycles. The Labute approximate surface area is 207 Å². The summed E-state index contributed by atoms with van der Waals surface area (Å²) >= 11 is 0. The van der Waals surface area contributed by atoms with Gasteiger partial charge in [0.1, 0.15) is 0 Å². The third-order valence-electron chi connectivity index (χ3n) is 5.09. The van der Waals surface area contributed by atoms with Gasteiger partial charge in [-0.15, -0.1) is 0 Å². The third-order valence-corrected chi connectivity index (χ3v) is 5.09. The van der Waals surface area contributed by atoms with Gasteiger partial charge in [-0.05, 0) is 43.7 Å². The van der Waals surface area contributed by atoms with E-state index >= 15 is 0 Å². The van der Waals surface area contributed by atoms with Crippen LogP contribution in [0, 0.1) is 24.0 Å². The number of methoxy groups -OCH3 is 1. The maximum Gasteiger partial charge on any atom is 0.311 e. The number of ether oxygens (including phenoxy) is 1. The Morgan fingerprint density at radius 1 is 0.917 bits per heavy atom. The number of nitro groups is 1. The van der Waals surface area contributed by atoms with Crippen LogP contribution < -0.4 is 20.8 Å². The van der Waals surface area contributed by atoms with Gasteiger partial charge < -0.3 is 15.4 Å². The van der Waals surface area contributed by atoms with E-state index in [9.17, 15) is 10.1 Å². The minimum absolute atomic E-state index is 0.104. The fourth-order valence-electron chi connectivity index (χ4n) is 3.43. The lowest BCUT2D eigenvalue weighted by Gasteiger charge is -2.12. The molecule has 11 heteroatoms. The van der Waals surface area contributed by atoms with E-state index in [2.05, 4.69) is 42.2 Å². The predicted molar refractivity (Wildman–Crippen MR) is 140 cm³/mol. The molecular formula is C25H24N8O3. The molecule has 0 unspecified atom stereocenters. The highest BCUT2D eigenvalue weighted by molar-refractivity contribution is 5.86. The van der Waals surface area contributed by atoms with Crippen molar-refractivity contribution in [1.82, 2.24) is 15.0 Å². The fourth-order valence-corrected chi connectivity index (χ4v) is 3.43. The van der Waals surface area contributed by atoms with E-state index in [0.717, 1.165) is 22.5 Å². The number of nitrogens with zero attached hydrogens (tertiary/aromatic N) is 5. The normalized spacial score (nSPS) is 10.8. The summed E-state index contributed by atoms with van der Waals surface area (Å²) in [5.74, 6) is 0.874. The number of benzene rings is 3. The van der Waals surface area contributed by atoms with E-state index in [4.69, 9.17) is 4.74 Å². The molecule has 4 rings (SSSR count). The summed E-state index contributed by atoms with van der Waals surface area (Å²) in [6.07, 6.45) is 1.40. The van der Waals surface area contributed by atoms with Crippen molar-refractivity contribution < 1.29 is 9.66 Å². The van der Waals surface area contributed by atoms with Gasteiger partial charge in [0.25, 0.3) is 0 Å². The van der Waals surface area contributed by atoms with Gasteiger partial charge in [-0.2, -0.15) is 20.1 Å². The number of hydrogen-bond donors (Lipinski definition) is 3. The van der Waals surface area contributed by atoms with Crippen LogP contribution in [0.1, 0.15) is 16.7 Å². The van der Waals surface area contributed by atoms with E-state index in [1.165, 1.54) is 19.4 Å². The molecular weight excluding hydrogens is 460 g/mol. The number of aryl methyl sites for hydroxylation is 2. The van der Waals surface area contributed by atoms with E-state index in [1.54, 1.807) is 12.1 Å². The minimum atomic E-state index is -0.512. The maximum absolute atomic E-state index is 11.3. The van der Waals surface area contributed by atoms with Crippen LogP contribution in [0.5, 0.6) is 5.75 Å². The quantitative estimate of drug-likeness (QED) is 0.163. The van der Waals surface area contributed by atoms with Gasteiger partial charge in [0.05, 0.1) is 18.2 Å². The highest BCUT2D eigenvalue weighted by Crippen LogP contribution is 2.29. The molecule has 3 aromatic carbocycles. The molecule has 3 N–H and O–H groups in total. The van der Waals surface area contributed by atoms with Gasteiger partial charge in [-0.3, -0.25) is 10.1 Å². The SMILES string of the molecule is COc1c(C=NNc2nc(Nc3ccccc3)nc(Nc3ccc(C)cc3C)n2)cccc1[N+](=O)[O-]. The first-order chi connectivity index (χ1) is 17.4. The van der Waals surface area contributed by atoms with Crippen LogP contribution in [0.3, 0.4) is 0 Å². The lowest BCUT2D eigenvalue weighted by molar-refractivity contribution is -0.385. The van der Waals surface area contributed by atoms with Crippen molar-refractivity contribution >= 4 is 41.1 Å². The Balaban J connectivity index is 1.63. The zero-order valence-corrected chi connectivity index (χ0v) is 19.9. The summed E-state index contributed by atoms with van der Waals surface area (Å²) in [5.41, 5.74) is 6.88. The summed E-state index contributed by atoms with van der Waals surface area (Å²) in [5, 5.41) is 21.8. The second kappa shape index (κ2) is 10.9. The first-order valence-corrected chi connectivity index (χ1v) is 11.0. The van der Waals surface area contributed by atoms with Gasteiger partial charge in [0.2, 0.25) is 23.6 Å². The molecule has 0 aliphatic heterocycles. The Kier molecular flexibility index (Phi) is 7.30. The van der Waals surface area contributed by atoms with Gasteiger partial charge in [0.15, 0.2) is 0 Å². The monoisotopic (exact) mass is 484 g/mol. The Bertz CT molecular complexity index is 1410. The molecule has 0 saturated heterocycles. The van der Waals surface area contributed by atoms with Gasteiger partial charge in [-0.1, -0.05) is 42.0 Å². The van der Waals surface area contributed by atoms with Crippen LogP contribution in [0.25, 0.3) is 0 Å². The fraction of sp³-hybridized carbons (Fsp3) is 0.120. The average molecular weight is 485 g/mol. The van der Waals surface area contributed by atoms with Crippen LogP contribution in [0.15, 0.2) is 71.8 Å². The zero-order chi connectivity index (χ0) is 25.5. The van der Waals surface area contributed by atoms with Gasteiger partial charge in [0, 0.05) is 23.0 Å². The van der Waals surface area contributed by atoms with Crippen LogP contribution in [-0.4, -0.2) is 33.2 Å². The van der Waals surface area contributed by atoms with Gasteiger partial charge in [-0.25, -0.2) is 5.43 Å². The number of para-hydroxylation sites is 2. The number of aromatic nitrogens is 3. The second-order valence-electron chi connectivity index (χ2n) is 7.77. The van der Waals surface area contributed by atoms with E-state index in [1.807, 2.05) is 56.3 Å². The number of anilines is 5. The van der Waals surface area contributed by atoms with Crippen molar-refractivity contribution in [2.24, 2.45) is 5.10 Å². The van der Waals surface area contributed by atoms with Crippen molar-refractivity contribution in [1.29, 1.82) is 0 Å². The third kappa shape index (κ3) is 5.89. The predicted octanol–water partition coefficient (Wildman–Crippen LogP) is 5.34. The maximum atomic E-state index is 11.3. The lowest BCUT2D eigenvalue weighted by atomic mass is 10.1. The number of nitrogens with one attached hydrogen (secondary N) is 3. The first kappa shape index (κ1) is 24.1. The van der Waals surface area contributed by atoms with Crippen LogP contribution in [0.4, 0.5) is 34.9 Å². The molecule has 0 fully saturated rings. The average Bonchev–Trinajstić information content (AvgIpc) is 2.86. The van der Waals surface area contributed by atoms with Crippen LogP contribution >= 0.6 is 0 Å². The molecule has 0 aliphatic rings. The van der Waals surface area contributed by atoms with E-state index in [-0.39, 0.29) is 17.4 Å². The number of hydrazone groups is 1. The van der Waals surface area contributed by atoms with Crippen LogP contribution in [0.2, 0.25) is 0 Å². The molecule has 0 amide bonds. The molecule has 0 spiro atoms. The standard InChI is InChI=1S/C25H24N8O3/c1-16-12-13-20(17(2)14-16)28-24-29-23(27-19-9-5-4-6-10-19)30-25(31-24)32-26-15-18-8-7-11-21(33(34)35)22(18)36-3/h4-15H,1-3H3,(H3,27,28,29,30,31,32). The molecule has 182 valence electrons. The highest BCUT2D eigenvalue weighted by atomic mass is 16.6. The van der Waals surface area contributed by atoms with E-state index < -0.39 is 4.92 Å². The molecule has 11 nitrogen and oxygen atoms in total. The first-order valence-electron chi connectivity index (χ1n) is 11.0. The molecule has 1 heterocycles. The largest absolute Gasteiger partial charge is 0.490 e. The lowest BCUT2D eigenvalue weighted by Crippen LogP contribution is -2.08. The summed E-state index contributed by atoms with van der Waals surface area (Å²) in [7, 11) is 1.37. The van der Waals surface area contributed by atoms with Crippen molar-refractivity contribution in [3.63, 3.8) is 0 Å². The summed E-state index contributed by atoms with van der Waals surface area (Å²) in [4.78, 5) is 24.0. The summed E-state index contributed by atoms with van der Waals surface area (Å²) < 4.78 is 5.21. The Morgan fingerprint density at radius 3 is 2.33 bits per heavy atom. The molecule has 4 aromatic rings. The molecule has 0 atom stereocenters. The Morgan fingerprint density at radius 2 is 1.64 bits per heavy atom. The number of nitro benzene ring substituents is 1. The topological polar surface area (TPSA) is 139 Å². The number of rotatable bonds is 9. The van der Waals surface area contributed by atoms with Gasteiger partial charge >= 0.3 is 5.69 Å². The number of hydrogen-bond acceptors (Lipinski definition) is 10. The van der Waals surface area contributed by atoms with Crippen LogP contribution in [-0.2, 0) is 0 Å². The molecule has 0 aliphatic carbocycles. The molecule has 0 radical (unpaired) electrons. The smallest absolute Gasteiger partial charge is 0.311 e. The minimum Gasteiger partial charge on any atom is -0.490 e. The second-order valence-corrected chi connectivity index (χ2v) is 7.77. The van der Waals surface area contributed by atoms with Crippen molar-refractivity contribution in [3.8, 4) is 5.75 Å². The molecule has 36 heavy (non-hydrogen) atoms. The van der Waals surface area contributed by atoms with Crippen molar-refractivity contribution in [3.05, 3.63) is 93.5 Å². The van der Waals surface area contributed by atoms with Crippen molar-refractivity contribution in [2.75, 3.05) is 23.2 Å². The highest BCUT2D eigenvalue weighted by Gasteiger charge is 2.17. The molecule has 1 aromatic heterocycles. The summed E-state index contributed by atoms with van der Waals surface area (Å²) in [6, 6.07) is 20.1. The summed E-state index contributed by atoms with van der Waals surface area (Å²) in [6.45, 7) is 4.02. The Hall–Kier alpha value is -5.06. The zero-order valence-electron chi connectivity index (χ0n) is 19.9. The van der Waals surface area contributed by atoms with Crippen molar-refractivity contribution in [2.45, 2.75) is 13.8 Å². The molecule has 0 bridgehead atoms.